The Labute approximate surface area is 127 Å². The molecule has 0 aliphatic rings. The van der Waals surface area contributed by atoms with Crippen molar-refractivity contribution in [1.82, 2.24) is 0 Å². The second kappa shape index (κ2) is 13.1. The van der Waals surface area contributed by atoms with Gasteiger partial charge in [0.1, 0.15) is 0 Å². The molecule has 0 aromatic heterocycles. The number of rotatable bonds is 0. The molecule has 0 amide bonds. The zero-order valence-electron chi connectivity index (χ0n) is 5.39. The first-order valence-electron chi connectivity index (χ1n) is 1.46. The molecule has 0 aromatic carbocycles. The van der Waals surface area contributed by atoms with E-state index in [1.807, 2.05) is 0 Å². The standard InChI is InChI=1S/8O.2Sb.3W/q;;6*-1;;;3*+2. The van der Waals surface area contributed by atoms with Crippen LogP contribution in [0.1, 0.15) is 0 Å². The van der Waals surface area contributed by atoms with Crippen molar-refractivity contribution < 1.29 is 89.5 Å². The molecule has 0 rings (SSSR count). The Morgan fingerprint density at radius 2 is 0.538 bits per heavy atom. The van der Waals surface area contributed by atoms with Crippen LogP contribution in [0.15, 0.2) is 0 Å². The monoisotopic (exact) mass is 922 g/mol. The molecule has 0 atom stereocenters. The first-order valence-corrected chi connectivity index (χ1v) is 9.80. The Balaban J connectivity index is -0.0000000267. The van der Waals surface area contributed by atoms with E-state index in [4.69, 9.17) is 26.3 Å². The van der Waals surface area contributed by atoms with Gasteiger partial charge >= 0.3 is 130 Å². The Morgan fingerprint density at radius 1 is 0.538 bits per heavy atom. The predicted octanol–water partition coefficient (Wildman–Crippen LogP) is -8.14. The summed E-state index contributed by atoms with van der Waals surface area (Å²) in [7, 11) is 0. The molecule has 0 aliphatic heterocycles. The van der Waals surface area contributed by atoms with Gasteiger partial charge in [0.05, 0.1) is 0 Å². The molecule has 0 unspecified atom stereocenters. The Kier molecular flexibility index (Phi) is 30.1. The van der Waals surface area contributed by atoms with Gasteiger partial charge in [0.25, 0.3) is 0 Å². The largest absolute Gasteiger partial charge is 2.00 e. The predicted molar refractivity (Wildman–Crippen MR) is 12.9 cm³/mol. The molecular weight excluding hydrogens is 923 g/mol. The fourth-order valence-electron chi connectivity index (χ4n) is 0. The summed E-state index contributed by atoms with van der Waals surface area (Å²) in [6.07, 6.45) is 0. The van der Waals surface area contributed by atoms with Crippen molar-refractivity contribution in [2.75, 3.05) is 0 Å². The molecule has 0 heterocycles. The molecule has 0 saturated carbocycles. The van der Waals surface area contributed by atoms with E-state index in [-0.39, 0.29) is 63.2 Å². The van der Waals surface area contributed by atoms with Crippen molar-refractivity contribution in [3.8, 4) is 0 Å². The molecule has 0 N–H and O–H groups in total. The molecule has 0 fully saturated rings. The molecule has 0 radical (unpaired) electrons. The molecule has 76 valence electrons. The Hall–Kier alpha value is 3.06. The molecule has 0 bridgehead atoms. The van der Waals surface area contributed by atoms with Crippen molar-refractivity contribution >= 4 is 40.1 Å². The summed E-state index contributed by atoms with van der Waals surface area (Å²) in [5.41, 5.74) is 0. The fraction of sp³-hybridized carbons (Fsp3) is 0. The summed E-state index contributed by atoms with van der Waals surface area (Å²) in [5, 5.41) is 0. The van der Waals surface area contributed by atoms with E-state index in [2.05, 4.69) is 0 Å². The maximum Gasteiger partial charge on any atom is 2.00 e. The summed E-state index contributed by atoms with van der Waals surface area (Å²) in [6.45, 7) is 0. The molecule has 13 heavy (non-hydrogen) atoms. The molecule has 0 spiro atoms. The van der Waals surface area contributed by atoms with Crippen LogP contribution in [-0.4, -0.2) is 40.1 Å². The van der Waals surface area contributed by atoms with Gasteiger partial charge in [-0.25, -0.2) is 0 Å². The van der Waals surface area contributed by atoms with Gasteiger partial charge in [0.15, 0.2) is 0 Å². The van der Waals surface area contributed by atoms with Gasteiger partial charge in [-0.15, -0.1) is 0 Å². The number of hydrogen-bond acceptors (Lipinski definition) is 8. The Morgan fingerprint density at radius 3 is 0.538 bits per heavy atom. The van der Waals surface area contributed by atoms with Crippen LogP contribution in [0.2, 0.25) is 0 Å². The van der Waals surface area contributed by atoms with Gasteiger partial charge in [-0.2, -0.15) is 0 Å². The SMILES string of the molecule is [O]=[Sb]([O-])([O-])[O-].[O]=[Sb]([O-])([O-])[O-].[W+2].[W+2].[W+2]. The third kappa shape index (κ3) is 274. The van der Waals surface area contributed by atoms with Gasteiger partial charge in [-0.3, -0.25) is 0 Å². The minimum atomic E-state index is -6.10. The first-order chi connectivity index (χ1) is 4.00. The second-order valence-electron chi connectivity index (χ2n) is 0.894. The Bertz CT molecular complexity index is 130. The van der Waals surface area contributed by atoms with Gasteiger partial charge in [0.2, 0.25) is 0 Å². The maximum atomic E-state index is 8.64. The zero-order valence-corrected chi connectivity index (χ0v) is 19.3. The van der Waals surface area contributed by atoms with Crippen LogP contribution < -0.4 is 20.3 Å². The smallest absolute Gasteiger partial charge is 2.00 e. The third-order valence-corrected chi connectivity index (χ3v) is 0. The minimum Gasteiger partial charge on any atom is 2.00 e. The van der Waals surface area contributed by atoms with Gasteiger partial charge < -0.3 is 0 Å². The summed E-state index contributed by atoms with van der Waals surface area (Å²) in [5.74, 6) is 0. The van der Waals surface area contributed by atoms with Crippen LogP contribution in [0, 0.1) is 0 Å². The summed E-state index contributed by atoms with van der Waals surface area (Å²) in [6, 6.07) is 0. The topological polar surface area (TPSA) is 172 Å². The van der Waals surface area contributed by atoms with Crippen molar-refractivity contribution in [2.45, 2.75) is 0 Å². The van der Waals surface area contributed by atoms with Crippen molar-refractivity contribution in [2.24, 2.45) is 0 Å². The van der Waals surface area contributed by atoms with Gasteiger partial charge in [-0.05, 0) is 0 Å². The van der Waals surface area contributed by atoms with E-state index in [1.54, 1.807) is 0 Å². The van der Waals surface area contributed by atoms with Crippen molar-refractivity contribution in [3.63, 3.8) is 0 Å². The van der Waals surface area contributed by atoms with Crippen LogP contribution in [0.4, 0.5) is 0 Å². The van der Waals surface area contributed by atoms with Crippen LogP contribution in [0.25, 0.3) is 0 Å². The summed E-state index contributed by atoms with van der Waals surface area (Å²) in [4.78, 5) is 0. The maximum absolute atomic E-state index is 8.64. The third-order valence-electron chi connectivity index (χ3n) is 0. The summed E-state index contributed by atoms with van der Waals surface area (Å²) >= 11 is -12.2. The van der Waals surface area contributed by atoms with Gasteiger partial charge in [-0.1, -0.05) is 0 Å². The molecule has 0 saturated heterocycles. The average molecular weight is 923 g/mol. The molecule has 0 aliphatic carbocycles. The van der Waals surface area contributed by atoms with Crippen molar-refractivity contribution in [3.05, 3.63) is 0 Å². The molecule has 13 heteroatoms. The number of hydrogen-bond donors (Lipinski definition) is 0. The average Bonchev–Trinajstić information content (AvgIpc) is 1.12. The van der Waals surface area contributed by atoms with E-state index < -0.39 is 40.1 Å². The van der Waals surface area contributed by atoms with E-state index in [0.717, 1.165) is 0 Å². The van der Waals surface area contributed by atoms with Crippen LogP contribution in [0.5, 0.6) is 0 Å². The molecule has 8 nitrogen and oxygen atoms in total. The van der Waals surface area contributed by atoms with Crippen LogP contribution in [-0.2, 0) is 69.2 Å². The van der Waals surface area contributed by atoms with Crippen LogP contribution in [0.3, 0.4) is 0 Å². The zero-order chi connectivity index (χ0) is 9.00. The quantitative estimate of drug-likeness (QED) is 0.216. The minimum absolute atomic E-state index is 0. The van der Waals surface area contributed by atoms with E-state index in [1.165, 1.54) is 0 Å². The van der Waals surface area contributed by atoms with Gasteiger partial charge in [0, 0.05) is 0 Å². The molecular formula is O8Sb2W3. The van der Waals surface area contributed by atoms with Crippen LogP contribution >= 0.6 is 0 Å². The summed E-state index contributed by atoms with van der Waals surface area (Å²) < 4.78 is 69.1. The van der Waals surface area contributed by atoms with Crippen molar-refractivity contribution in [1.29, 1.82) is 0 Å². The normalized spacial score (nSPS) is 9.08. The van der Waals surface area contributed by atoms with E-state index >= 15 is 0 Å². The van der Waals surface area contributed by atoms with E-state index in [9.17, 15) is 0 Å². The van der Waals surface area contributed by atoms with E-state index in [0.29, 0.717) is 0 Å². The first kappa shape index (κ1) is 29.8. The molecule has 0 aromatic rings. The second-order valence-corrected chi connectivity index (χ2v) is 6.00. The fourth-order valence-corrected chi connectivity index (χ4v) is 0.